The van der Waals surface area contributed by atoms with E-state index in [2.05, 4.69) is 39.8 Å². The minimum absolute atomic E-state index is 0.791. The Morgan fingerprint density at radius 3 is 2.52 bits per heavy atom. The molecule has 3 aromatic carbocycles. The molecule has 0 atom stereocenters. The number of H-pyrrole nitrogens is 1. The summed E-state index contributed by atoms with van der Waals surface area (Å²) in [6.45, 7) is 0. The number of aromatic nitrogens is 2. The number of fused-ring (bicyclic) bond motifs is 1. The number of nitrogens with one attached hydrogen (secondary N) is 2. The van der Waals surface area contributed by atoms with Crippen molar-refractivity contribution < 1.29 is 4.74 Å². The van der Waals surface area contributed by atoms with Gasteiger partial charge in [-0.1, -0.05) is 42.5 Å². The molecule has 0 spiro atoms. The van der Waals surface area contributed by atoms with Crippen molar-refractivity contribution in [3.63, 3.8) is 0 Å². The molecule has 1 aliphatic rings. The van der Waals surface area contributed by atoms with Crippen LogP contribution < -0.4 is 10.1 Å². The topological polar surface area (TPSA) is 49.9 Å². The van der Waals surface area contributed by atoms with Gasteiger partial charge in [0.05, 0.1) is 16.6 Å². The first-order chi connectivity index (χ1) is 11.4. The molecule has 0 unspecified atom stereocenters. The van der Waals surface area contributed by atoms with Crippen molar-refractivity contribution in [2.24, 2.45) is 0 Å². The van der Waals surface area contributed by atoms with E-state index in [1.807, 2.05) is 42.5 Å². The Morgan fingerprint density at radius 1 is 0.783 bits per heavy atom. The minimum Gasteiger partial charge on any atom is -0.454 e. The van der Waals surface area contributed by atoms with Gasteiger partial charge in [0.1, 0.15) is 5.75 Å². The standard InChI is InChI=1S/C19H13N3O/c1-2-6-12(7-3-1)13-10-15-18-17(11-13)23-16-9-5-4-8-14(16)20-19(18)22-21-15/h1-11H,(H2,20,21,22). The molecule has 4 heteroatoms. The molecular formula is C19H13N3O. The molecule has 0 saturated heterocycles. The number of benzene rings is 3. The monoisotopic (exact) mass is 299 g/mol. The molecule has 0 amide bonds. The molecule has 2 N–H and O–H groups in total. The third kappa shape index (κ3) is 1.89. The molecule has 1 aliphatic heterocycles. The fourth-order valence-electron chi connectivity index (χ4n) is 2.99. The Bertz CT molecular complexity index is 1020. The van der Waals surface area contributed by atoms with Gasteiger partial charge in [0.2, 0.25) is 0 Å². The van der Waals surface area contributed by atoms with Gasteiger partial charge in [-0.2, -0.15) is 5.10 Å². The number of para-hydroxylation sites is 2. The van der Waals surface area contributed by atoms with E-state index in [9.17, 15) is 0 Å². The van der Waals surface area contributed by atoms with Gasteiger partial charge >= 0.3 is 0 Å². The molecular weight excluding hydrogens is 286 g/mol. The van der Waals surface area contributed by atoms with Gasteiger partial charge in [-0.3, -0.25) is 5.10 Å². The lowest BCUT2D eigenvalue weighted by Gasteiger charge is -2.09. The number of hydrogen-bond acceptors (Lipinski definition) is 3. The first-order valence-electron chi connectivity index (χ1n) is 7.50. The second kappa shape index (κ2) is 4.61. The van der Waals surface area contributed by atoms with E-state index in [0.717, 1.165) is 45.0 Å². The summed E-state index contributed by atoms with van der Waals surface area (Å²) < 4.78 is 6.17. The van der Waals surface area contributed by atoms with E-state index in [1.165, 1.54) is 0 Å². The van der Waals surface area contributed by atoms with Crippen molar-refractivity contribution >= 4 is 22.4 Å². The molecule has 4 aromatic rings. The number of anilines is 2. The number of ether oxygens (including phenoxy) is 1. The van der Waals surface area contributed by atoms with Gasteiger partial charge in [-0.05, 0) is 35.4 Å². The van der Waals surface area contributed by atoms with Crippen LogP contribution in [-0.4, -0.2) is 10.2 Å². The first-order valence-corrected chi connectivity index (χ1v) is 7.50. The third-order valence-electron chi connectivity index (χ3n) is 4.09. The molecule has 0 radical (unpaired) electrons. The fourth-order valence-corrected chi connectivity index (χ4v) is 2.99. The van der Waals surface area contributed by atoms with E-state index in [4.69, 9.17) is 4.74 Å². The van der Waals surface area contributed by atoms with Crippen LogP contribution >= 0.6 is 0 Å². The van der Waals surface area contributed by atoms with Crippen LogP contribution in [0.2, 0.25) is 0 Å². The highest BCUT2D eigenvalue weighted by atomic mass is 16.5. The second-order valence-electron chi connectivity index (χ2n) is 5.56. The lowest BCUT2D eigenvalue weighted by Crippen LogP contribution is -1.91. The highest BCUT2D eigenvalue weighted by Crippen LogP contribution is 2.43. The van der Waals surface area contributed by atoms with Crippen molar-refractivity contribution in [3.05, 3.63) is 66.7 Å². The van der Waals surface area contributed by atoms with Gasteiger partial charge in [-0.25, -0.2) is 0 Å². The summed E-state index contributed by atoms with van der Waals surface area (Å²) in [7, 11) is 0. The van der Waals surface area contributed by atoms with Crippen molar-refractivity contribution in [1.82, 2.24) is 10.2 Å². The second-order valence-corrected chi connectivity index (χ2v) is 5.56. The third-order valence-corrected chi connectivity index (χ3v) is 4.09. The summed E-state index contributed by atoms with van der Waals surface area (Å²) in [6.07, 6.45) is 0. The molecule has 0 aliphatic carbocycles. The molecule has 110 valence electrons. The molecule has 1 aromatic heterocycles. The smallest absolute Gasteiger partial charge is 0.164 e. The highest BCUT2D eigenvalue weighted by molar-refractivity contribution is 6.00. The van der Waals surface area contributed by atoms with Crippen molar-refractivity contribution in [3.8, 4) is 22.6 Å². The lowest BCUT2D eigenvalue weighted by molar-refractivity contribution is 0.492. The van der Waals surface area contributed by atoms with Gasteiger partial charge in [0.15, 0.2) is 11.6 Å². The lowest BCUT2D eigenvalue weighted by atomic mass is 10.0. The SMILES string of the molecule is c1ccc(-c2cc3c4c(n[nH]c4c2)Nc2ccccc2O3)cc1. The Morgan fingerprint density at radius 2 is 1.61 bits per heavy atom. The maximum Gasteiger partial charge on any atom is 0.164 e. The van der Waals surface area contributed by atoms with Crippen molar-refractivity contribution in [2.75, 3.05) is 5.32 Å². The normalized spacial score (nSPS) is 12.2. The average molecular weight is 299 g/mol. The van der Waals surface area contributed by atoms with Crippen LogP contribution in [0.3, 0.4) is 0 Å². The van der Waals surface area contributed by atoms with E-state index in [1.54, 1.807) is 0 Å². The van der Waals surface area contributed by atoms with Gasteiger partial charge in [0, 0.05) is 0 Å². The zero-order valence-corrected chi connectivity index (χ0v) is 12.2. The average Bonchev–Trinajstić information content (AvgIpc) is 2.92. The Labute approximate surface area is 132 Å². The molecule has 2 heterocycles. The van der Waals surface area contributed by atoms with Gasteiger partial charge in [-0.15, -0.1) is 0 Å². The quantitative estimate of drug-likeness (QED) is 0.454. The molecule has 4 nitrogen and oxygen atoms in total. The van der Waals surface area contributed by atoms with Crippen LogP contribution in [0.5, 0.6) is 11.5 Å². The molecule has 5 rings (SSSR count). The summed E-state index contributed by atoms with van der Waals surface area (Å²) in [6, 6.07) is 22.3. The Kier molecular flexibility index (Phi) is 2.46. The summed E-state index contributed by atoms with van der Waals surface area (Å²) in [5.41, 5.74) is 4.12. The largest absolute Gasteiger partial charge is 0.454 e. The summed E-state index contributed by atoms with van der Waals surface area (Å²) in [5.74, 6) is 2.40. The van der Waals surface area contributed by atoms with Crippen LogP contribution in [0.1, 0.15) is 0 Å². The predicted octanol–water partition coefficient (Wildman–Crippen LogP) is 5.08. The minimum atomic E-state index is 0.791. The van der Waals surface area contributed by atoms with Crippen LogP contribution in [0.15, 0.2) is 66.7 Å². The van der Waals surface area contributed by atoms with Crippen molar-refractivity contribution in [2.45, 2.75) is 0 Å². The van der Waals surface area contributed by atoms with Crippen molar-refractivity contribution in [1.29, 1.82) is 0 Å². The first kappa shape index (κ1) is 12.3. The van der Waals surface area contributed by atoms with E-state index in [0.29, 0.717) is 0 Å². The zero-order valence-electron chi connectivity index (χ0n) is 12.2. The summed E-state index contributed by atoms with van der Waals surface area (Å²) in [5, 5.41) is 11.8. The molecule has 0 bridgehead atoms. The zero-order chi connectivity index (χ0) is 15.2. The number of hydrogen-bond donors (Lipinski definition) is 2. The van der Waals surface area contributed by atoms with Crippen LogP contribution in [0.25, 0.3) is 22.0 Å². The summed E-state index contributed by atoms with van der Waals surface area (Å²) in [4.78, 5) is 0. The molecule has 23 heavy (non-hydrogen) atoms. The predicted molar refractivity (Wildman–Crippen MR) is 91.3 cm³/mol. The Balaban J connectivity index is 1.77. The molecule has 0 saturated carbocycles. The van der Waals surface area contributed by atoms with E-state index < -0.39 is 0 Å². The van der Waals surface area contributed by atoms with E-state index >= 15 is 0 Å². The van der Waals surface area contributed by atoms with Crippen LogP contribution in [-0.2, 0) is 0 Å². The van der Waals surface area contributed by atoms with Gasteiger partial charge in [0.25, 0.3) is 0 Å². The Hall–Kier alpha value is -3.27. The van der Waals surface area contributed by atoms with Crippen LogP contribution in [0.4, 0.5) is 11.5 Å². The van der Waals surface area contributed by atoms with Crippen LogP contribution in [0, 0.1) is 0 Å². The van der Waals surface area contributed by atoms with E-state index in [-0.39, 0.29) is 0 Å². The fraction of sp³-hybridized carbons (Fsp3) is 0. The summed E-state index contributed by atoms with van der Waals surface area (Å²) >= 11 is 0. The molecule has 0 fully saturated rings. The van der Waals surface area contributed by atoms with Gasteiger partial charge < -0.3 is 10.1 Å². The maximum absolute atomic E-state index is 6.17. The number of rotatable bonds is 1. The highest BCUT2D eigenvalue weighted by Gasteiger charge is 2.20. The maximum atomic E-state index is 6.17. The number of nitrogens with zero attached hydrogens (tertiary/aromatic N) is 1. The number of aromatic amines is 1.